The zero-order valence-electron chi connectivity index (χ0n) is 24.0. The molecule has 1 saturated carbocycles. The average Bonchev–Trinajstić information content (AvgIpc) is 3.56. The smallest absolute Gasteiger partial charge is 0.343 e. The molecule has 42 heavy (non-hydrogen) atoms. The average molecular weight is 609 g/mol. The van der Waals surface area contributed by atoms with Gasteiger partial charge in [-0.25, -0.2) is 8.42 Å². The molecule has 5 rings (SSSR count). The molecule has 2 aliphatic heterocycles. The molecule has 230 valence electrons. The molecule has 0 spiro atoms. The van der Waals surface area contributed by atoms with E-state index in [4.69, 9.17) is 9.47 Å². The van der Waals surface area contributed by atoms with Crippen molar-refractivity contribution in [2.24, 2.45) is 11.8 Å². The first-order chi connectivity index (χ1) is 19.9. The van der Waals surface area contributed by atoms with Crippen molar-refractivity contribution in [1.29, 1.82) is 0 Å². The highest BCUT2D eigenvalue weighted by atomic mass is 32.2. The van der Waals surface area contributed by atoms with Gasteiger partial charge in [0.1, 0.15) is 0 Å². The molecule has 3 aliphatic rings. The quantitative estimate of drug-likeness (QED) is 0.424. The number of rotatable bonds is 9. The molecule has 0 aromatic heterocycles. The summed E-state index contributed by atoms with van der Waals surface area (Å²) in [5.74, 6) is -2.41. The highest BCUT2D eigenvalue weighted by molar-refractivity contribution is 7.91. The first-order valence-corrected chi connectivity index (χ1v) is 16.3. The van der Waals surface area contributed by atoms with Gasteiger partial charge in [0.15, 0.2) is 15.6 Å². The fourth-order valence-corrected chi connectivity index (χ4v) is 8.55. The van der Waals surface area contributed by atoms with Gasteiger partial charge in [-0.1, -0.05) is 44.2 Å². The van der Waals surface area contributed by atoms with Gasteiger partial charge in [-0.3, -0.25) is 4.79 Å². The second-order valence-electron chi connectivity index (χ2n) is 12.0. The maximum atomic E-state index is 13.9. The van der Waals surface area contributed by atoms with Gasteiger partial charge in [0.2, 0.25) is 5.91 Å². The van der Waals surface area contributed by atoms with Gasteiger partial charge < -0.3 is 19.7 Å². The van der Waals surface area contributed by atoms with E-state index in [0.29, 0.717) is 25.8 Å². The molecule has 0 radical (unpaired) electrons. The van der Waals surface area contributed by atoms with Crippen LogP contribution in [0.2, 0.25) is 0 Å². The summed E-state index contributed by atoms with van der Waals surface area (Å²) in [5, 5.41) is 3.54. The Morgan fingerprint density at radius 3 is 2.40 bits per heavy atom. The van der Waals surface area contributed by atoms with E-state index >= 15 is 0 Å². The Labute approximate surface area is 245 Å². The third-order valence-electron chi connectivity index (χ3n) is 8.70. The van der Waals surface area contributed by atoms with Crippen LogP contribution in [0, 0.1) is 11.8 Å². The van der Waals surface area contributed by atoms with Crippen LogP contribution in [0.3, 0.4) is 0 Å². The molecule has 11 heteroatoms. The normalized spacial score (nSPS) is 26.7. The van der Waals surface area contributed by atoms with Crippen molar-refractivity contribution < 1.29 is 35.9 Å². The van der Waals surface area contributed by atoms with Crippen molar-refractivity contribution in [1.82, 2.24) is 10.2 Å². The Bertz CT molecular complexity index is 1350. The first-order valence-electron chi connectivity index (χ1n) is 14.7. The molecule has 1 N–H and O–H groups in total. The second-order valence-corrected chi connectivity index (χ2v) is 14.0. The van der Waals surface area contributed by atoms with Crippen molar-refractivity contribution in [3.05, 3.63) is 65.7 Å². The molecule has 1 unspecified atom stereocenters. The zero-order valence-corrected chi connectivity index (χ0v) is 24.8. The number of nitrogens with one attached hydrogen (secondary N) is 1. The van der Waals surface area contributed by atoms with Crippen LogP contribution in [0.25, 0.3) is 0 Å². The molecule has 2 heterocycles. The molecule has 2 saturated heterocycles. The molecular formula is C31H39F3N2O5S. The summed E-state index contributed by atoms with van der Waals surface area (Å²) in [6, 6.07) is 13.4. The van der Waals surface area contributed by atoms with Gasteiger partial charge in [-0.2, -0.15) is 13.2 Å². The van der Waals surface area contributed by atoms with Crippen molar-refractivity contribution in [2.75, 3.05) is 25.5 Å². The summed E-state index contributed by atoms with van der Waals surface area (Å²) in [7, 11) is -3.58. The van der Waals surface area contributed by atoms with Crippen LogP contribution in [0.5, 0.6) is 0 Å². The number of halogens is 3. The van der Waals surface area contributed by atoms with E-state index in [2.05, 4.69) is 19.2 Å². The van der Waals surface area contributed by atoms with Gasteiger partial charge in [0, 0.05) is 42.6 Å². The van der Waals surface area contributed by atoms with E-state index in [1.165, 1.54) is 6.07 Å². The van der Waals surface area contributed by atoms with Gasteiger partial charge >= 0.3 is 6.18 Å². The van der Waals surface area contributed by atoms with Crippen LogP contribution >= 0.6 is 0 Å². The number of alkyl halides is 3. The van der Waals surface area contributed by atoms with E-state index in [9.17, 15) is 26.4 Å². The Morgan fingerprint density at radius 1 is 1.02 bits per heavy atom. The second kappa shape index (κ2) is 12.3. The van der Waals surface area contributed by atoms with Gasteiger partial charge in [0.25, 0.3) is 0 Å². The zero-order chi connectivity index (χ0) is 30.1. The molecule has 2 aromatic rings. The van der Waals surface area contributed by atoms with E-state index in [1.807, 2.05) is 4.90 Å². The lowest BCUT2D eigenvalue weighted by Crippen LogP contribution is -2.51. The number of ether oxygens (including phenoxy) is 2. The van der Waals surface area contributed by atoms with E-state index in [0.717, 1.165) is 18.6 Å². The third kappa shape index (κ3) is 6.69. The topological polar surface area (TPSA) is 84.9 Å². The number of carbonyl (C=O) groups is 1. The summed E-state index contributed by atoms with van der Waals surface area (Å²) in [4.78, 5) is 16.0. The third-order valence-corrected chi connectivity index (χ3v) is 10.6. The molecule has 2 aromatic carbocycles. The number of sulfone groups is 1. The summed E-state index contributed by atoms with van der Waals surface area (Å²) >= 11 is 0. The number of hydrogen-bond donors (Lipinski definition) is 1. The van der Waals surface area contributed by atoms with Crippen LogP contribution in [0.4, 0.5) is 13.2 Å². The van der Waals surface area contributed by atoms with Gasteiger partial charge in [-0.05, 0) is 55.9 Å². The highest BCUT2D eigenvalue weighted by Gasteiger charge is 2.48. The molecule has 1 amide bonds. The van der Waals surface area contributed by atoms with Crippen LogP contribution < -0.4 is 5.32 Å². The summed E-state index contributed by atoms with van der Waals surface area (Å²) in [6.45, 7) is 5.00. The monoisotopic (exact) mass is 608 g/mol. The fraction of sp³-hybridized carbons (Fsp3) is 0.581. The number of likely N-dealkylation sites (tertiary alicyclic amines) is 1. The molecule has 0 bridgehead atoms. The minimum atomic E-state index is -4.52. The lowest BCUT2D eigenvalue weighted by molar-refractivity contribution is -0.182. The van der Waals surface area contributed by atoms with Gasteiger partial charge in [-0.15, -0.1) is 0 Å². The number of nitrogens with zero attached hydrogens (tertiary/aromatic N) is 1. The molecular weight excluding hydrogens is 569 g/mol. The first kappa shape index (κ1) is 31.0. The van der Waals surface area contributed by atoms with Crippen molar-refractivity contribution in [3.63, 3.8) is 0 Å². The summed E-state index contributed by atoms with van der Waals surface area (Å²) in [5.41, 5.74) is -0.555. The van der Waals surface area contributed by atoms with Crippen LogP contribution in [0.15, 0.2) is 59.5 Å². The standard InChI is InChI=1S/C31H39F3N2O5S/c1-21(2)35-26-11-12-28(23(17-26)20-42(38,39)27-9-4-3-5-10-27)36-14-13-22(29(36)37)19-30(40-15-16-41-30)24-7-6-8-25(18-24)31(32,33)34/h3-10,18,21-23,26,28,35H,11-17,19-20H2,1-2H3/t22?,23-,26+,28-/m0/s1. The largest absolute Gasteiger partial charge is 0.416 e. The van der Waals surface area contributed by atoms with Crippen LogP contribution in [-0.2, 0) is 36.1 Å². The minimum absolute atomic E-state index is 0.0627. The predicted octanol–water partition coefficient (Wildman–Crippen LogP) is 5.15. The fourth-order valence-electron chi connectivity index (χ4n) is 6.86. The number of benzene rings is 2. The van der Waals surface area contributed by atoms with Crippen molar-refractivity contribution in [2.45, 2.75) is 80.9 Å². The number of hydrogen-bond acceptors (Lipinski definition) is 6. The molecule has 7 nitrogen and oxygen atoms in total. The lowest BCUT2D eigenvalue weighted by atomic mass is 9.81. The Hall–Kier alpha value is -2.47. The molecule has 3 fully saturated rings. The minimum Gasteiger partial charge on any atom is -0.343 e. The van der Waals surface area contributed by atoms with E-state index < -0.39 is 33.3 Å². The van der Waals surface area contributed by atoms with E-state index in [1.54, 1.807) is 36.4 Å². The lowest BCUT2D eigenvalue weighted by Gasteiger charge is -2.42. The Morgan fingerprint density at radius 2 is 1.74 bits per heavy atom. The Kier molecular flexibility index (Phi) is 9.04. The molecule has 4 atom stereocenters. The maximum Gasteiger partial charge on any atom is 0.416 e. The van der Waals surface area contributed by atoms with Crippen LogP contribution in [0.1, 0.15) is 57.1 Å². The van der Waals surface area contributed by atoms with E-state index in [-0.39, 0.29) is 65.8 Å². The van der Waals surface area contributed by atoms with Crippen molar-refractivity contribution in [3.8, 4) is 0 Å². The number of carbonyl (C=O) groups excluding carboxylic acids is 1. The Balaban J connectivity index is 1.36. The SMILES string of the molecule is CC(C)N[C@@H]1CC[C@H](N2CCC(CC3(c4cccc(C(F)(F)F)c4)OCCO3)C2=O)[C@H](CS(=O)(=O)c2ccccc2)C1. The van der Waals surface area contributed by atoms with Crippen molar-refractivity contribution >= 4 is 15.7 Å². The number of amides is 1. The van der Waals surface area contributed by atoms with Crippen LogP contribution in [-0.4, -0.2) is 62.9 Å². The predicted molar refractivity (Wildman–Crippen MR) is 151 cm³/mol. The highest BCUT2D eigenvalue weighted by Crippen LogP contribution is 2.43. The maximum absolute atomic E-state index is 13.9. The summed E-state index contributed by atoms with van der Waals surface area (Å²) < 4.78 is 79.1. The van der Waals surface area contributed by atoms with Gasteiger partial charge in [0.05, 0.1) is 29.4 Å². The summed E-state index contributed by atoms with van der Waals surface area (Å²) in [6.07, 6.45) is -1.81. The molecule has 1 aliphatic carbocycles.